The van der Waals surface area contributed by atoms with Gasteiger partial charge in [-0.3, -0.25) is 9.11 Å². The molecule has 0 spiro atoms. The van der Waals surface area contributed by atoms with E-state index in [4.69, 9.17) is 9.11 Å². The van der Waals surface area contributed by atoms with Crippen molar-refractivity contribution in [2.45, 2.75) is 11.5 Å². The minimum absolute atomic E-state index is 0. The smallest absolute Gasteiger partial charge is 0.748 e. The Hall–Kier alpha value is 0.196. The molecule has 36 heavy (non-hydrogen) atoms. The molecule has 18 heteroatoms. The zero-order chi connectivity index (χ0) is 26.2. The summed E-state index contributed by atoms with van der Waals surface area (Å²) >= 11 is 0. The van der Waals surface area contributed by atoms with Gasteiger partial charge in [0, 0.05) is 0 Å². The van der Waals surface area contributed by atoms with Gasteiger partial charge in [0.05, 0.1) is 42.6 Å². The first-order valence-electron chi connectivity index (χ1n) is 8.67. The van der Waals surface area contributed by atoms with Crippen molar-refractivity contribution >= 4 is 52.6 Å². The van der Waals surface area contributed by atoms with Crippen LogP contribution in [0.4, 0.5) is 0 Å². The molecule has 2 N–H and O–H groups in total. The molecule has 0 saturated heterocycles. The monoisotopic (exact) mass is 616 g/mol. The molecular formula is C18H18KNaO12S4. The van der Waals surface area contributed by atoms with Crippen molar-refractivity contribution < 1.29 is 133 Å². The molecule has 0 aliphatic rings. The molecule has 0 saturated carbocycles. The van der Waals surface area contributed by atoms with E-state index in [1.54, 1.807) is 0 Å². The first kappa shape index (κ1) is 38.3. The van der Waals surface area contributed by atoms with E-state index in [2.05, 4.69) is 0 Å². The second-order valence-electron chi connectivity index (χ2n) is 6.53. The fraction of sp³-hybridized carbons (Fsp3) is 0.111. The fourth-order valence-electron chi connectivity index (χ4n) is 2.25. The van der Waals surface area contributed by atoms with Crippen LogP contribution >= 0.6 is 0 Å². The normalized spacial score (nSPS) is 12.3. The van der Waals surface area contributed by atoms with Gasteiger partial charge in [-0.2, -0.15) is 16.8 Å². The predicted molar refractivity (Wildman–Crippen MR) is 121 cm³/mol. The maximum atomic E-state index is 10.5. The summed E-state index contributed by atoms with van der Waals surface area (Å²) in [5, 5.41) is 1.17. The summed E-state index contributed by atoms with van der Waals surface area (Å²) in [5.74, 6) is -1.28. The second kappa shape index (κ2) is 16.3. The second-order valence-corrected chi connectivity index (χ2v) is 11.9. The average Bonchev–Trinajstić information content (AvgIpc) is 2.63. The van der Waals surface area contributed by atoms with E-state index in [-0.39, 0.29) is 86.5 Å². The third-order valence-electron chi connectivity index (χ3n) is 3.48. The molecule has 0 heterocycles. The third-order valence-corrected chi connectivity index (χ3v) is 5.82. The van der Waals surface area contributed by atoms with Gasteiger partial charge in [0.15, 0.2) is 0 Å². The van der Waals surface area contributed by atoms with Crippen LogP contribution in [0.5, 0.6) is 0 Å². The van der Waals surface area contributed by atoms with Gasteiger partial charge in [-0.1, -0.05) is 48.5 Å². The summed E-state index contributed by atoms with van der Waals surface area (Å²) in [6.45, 7) is 0. The number of hydrogen-bond acceptors (Lipinski definition) is 10. The fourth-order valence-corrected chi connectivity index (χ4v) is 4.10. The van der Waals surface area contributed by atoms with Gasteiger partial charge in [0.1, 0.15) is 0 Å². The Morgan fingerprint density at radius 3 is 1.47 bits per heavy atom. The van der Waals surface area contributed by atoms with E-state index in [9.17, 15) is 42.8 Å². The predicted octanol–water partition coefficient (Wildman–Crippen LogP) is -4.81. The summed E-state index contributed by atoms with van der Waals surface area (Å²) in [4.78, 5) is 0. The van der Waals surface area contributed by atoms with Gasteiger partial charge in [-0.05, 0) is 34.4 Å². The molecule has 0 aliphatic carbocycles. The van der Waals surface area contributed by atoms with Crippen LogP contribution in [-0.4, -0.2) is 51.9 Å². The van der Waals surface area contributed by atoms with Crippen molar-refractivity contribution in [3.8, 4) is 0 Å². The van der Waals surface area contributed by atoms with Crippen LogP contribution in [-0.2, 0) is 52.0 Å². The average molecular weight is 617 g/mol. The van der Waals surface area contributed by atoms with Crippen LogP contribution in [0.25, 0.3) is 12.2 Å². The van der Waals surface area contributed by atoms with Crippen molar-refractivity contribution in [2.75, 3.05) is 0 Å². The van der Waals surface area contributed by atoms with Crippen LogP contribution in [0.1, 0.15) is 22.3 Å². The molecule has 188 valence electrons. The summed E-state index contributed by atoms with van der Waals surface area (Å²) in [5.41, 5.74) is 1.37. The van der Waals surface area contributed by atoms with Crippen LogP contribution in [0, 0.1) is 0 Å². The molecule has 0 atom stereocenters. The molecule has 2 rings (SSSR count). The number of rotatable bonds is 8. The van der Waals surface area contributed by atoms with E-state index in [1.807, 2.05) is 0 Å². The third kappa shape index (κ3) is 21.2. The molecule has 0 aliphatic heterocycles. The Morgan fingerprint density at radius 1 is 0.639 bits per heavy atom. The van der Waals surface area contributed by atoms with Crippen molar-refractivity contribution in [2.24, 2.45) is 0 Å². The molecule has 0 amide bonds. The molecule has 0 aromatic heterocycles. The van der Waals surface area contributed by atoms with Crippen molar-refractivity contribution in [1.29, 1.82) is 0 Å². The van der Waals surface area contributed by atoms with Gasteiger partial charge < -0.3 is 9.11 Å². The van der Waals surface area contributed by atoms with Crippen molar-refractivity contribution in [3.63, 3.8) is 0 Å². The Balaban J connectivity index is 0. The first-order valence-corrected chi connectivity index (χ1v) is 14.8. The number of hydrogen-bond donors (Lipinski definition) is 2. The quantitative estimate of drug-likeness (QED) is 0.211. The Labute approximate surface area is 274 Å². The topological polar surface area (TPSA) is 223 Å². The maximum absolute atomic E-state index is 10.5. The SMILES string of the molecule is O=S(=O)(O)C=Cc1ccc(CS(=O)(=O)[O-])cc1.O=S(=O)(O)C=Cc1cccc(CS(=O)(=O)[O-])c1.[K+].[Na+]. The van der Waals surface area contributed by atoms with Crippen molar-refractivity contribution in [1.82, 2.24) is 0 Å². The van der Waals surface area contributed by atoms with Crippen LogP contribution in [0.15, 0.2) is 59.3 Å². The van der Waals surface area contributed by atoms with Crippen LogP contribution < -0.4 is 80.9 Å². The first-order chi connectivity index (χ1) is 15.3. The van der Waals surface area contributed by atoms with Crippen LogP contribution in [0.2, 0.25) is 0 Å². The largest absolute Gasteiger partial charge is 1.00 e. The molecular weight excluding hydrogens is 599 g/mol. The van der Waals surface area contributed by atoms with E-state index < -0.39 is 52.0 Å². The zero-order valence-corrected chi connectivity index (χ0v) is 27.3. The van der Waals surface area contributed by atoms with Gasteiger partial charge >= 0.3 is 80.9 Å². The van der Waals surface area contributed by atoms with Gasteiger partial charge in [-0.15, -0.1) is 0 Å². The van der Waals surface area contributed by atoms with E-state index in [0.29, 0.717) is 27.5 Å². The molecule has 0 radical (unpaired) electrons. The van der Waals surface area contributed by atoms with Gasteiger partial charge in [-0.25, -0.2) is 16.8 Å². The zero-order valence-electron chi connectivity index (χ0n) is 19.0. The van der Waals surface area contributed by atoms with E-state index >= 15 is 0 Å². The van der Waals surface area contributed by atoms with Crippen LogP contribution in [0.3, 0.4) is 0 Å². The molecule has 2 aromatic rings. The minimum atomic E-state index is -4.38. The Kier molecular flexibility index (Phi) is 17.4. The minimum Gasteiger partial charge on any atom is -0.748 e. The van der Waals surface area contributed by atoms with Crippen molar-refractivity contribution in [3.05, 3.63) is 81.6 Å². The summed E-state index contributed by atoms with van der Waals surface area (Å²) in [6, 6.07) is 11.4. The van der Waals surface area contributed by atoms with E-state index in [1.165, 1.54) is 48.5 Å². The molecule has 0 fully saturated rings. The molecule has 0 bridgehead atoms. The molecule has 2 aromatic carbocycles. The summed E-state index contributed by atoms with van der Waals surface area (Å²) in [7, 11) is -17.1. The summed E-state index contributed by atoms with van der Waals surface area (Å²) in [6.07, 6.45) is 2.24. The maximum Gasteiger partial charge on any atom is 1.00 e. The Morgan fingerprint density at radius 2 is 1.06 bits per heavy atom. The number of benzene rings is 2. The molecule has 0 unspecified atom stereocenters. The Bertz CT molecular complexity index is 1480. The van der Waals surface area contributed by atoms with Gasteiger partial charge in [0.2, 0.25) is 0 Å². The van der Waals surface area contributed by atoms with Gasteiger partial charge in [0.25, 0.3) is 20.2 Å². The summed E-state index contributed by atoms with van der Waals surface area (Å²) < 4.78 is 122. The van der Waals surface area contributed by atoms with E-state index in [0.717, 1.165) is 12.2 Å². The standard InChI is InChI=1S/2C9H10O6S2.K.Na/c10-16(11,12)6-5-8-1-3-9(4-2-8)7-17(13,14)15;10-16(11,12)5-4-8-2-1-3-9(6-8)7-17(13,14)15;;/h2*1-6H,7H2,(H,10,11,12)(H,13,14,15);;/q;;2*+1/p-2. The molecule has 12 nitrogen and oxygen atoms in total.